The van der Waals surface area contributed by atoms with Gasteiger partial charge in [0.1, 0.15) is 29.3 Å². The van der Waals surface area contributed by atoms with Crippen molar-refractivity contribution in [3.8, 4) is 0 Å². The molecule has 0 radical (unpaired) electrons. The van der Waals surface area contributed by atoms with Crippen molar-refractivity contribution in [2.75, 3.05) is 18.2 Å². The van der Waals surface area contributed by atoms with Crippen LogP contribution in [0, 0.1) is 0 Å². The van der Waals surface area contributed by atoms with E-state index in [1.165, 1.54) is 24.8 Å². The second-order valence-corrected chi connectivity index (χ2v) is 7.68. The van der Waals surface area contributed by atoms with E-state index >= 15 is 0 Å². The minimum atomic E-state index is -1.65. The van der Waals surface area contributed by atoms with Gasteiger partial charge in [-0.2, -0.15) is 0 Å². The topological polar surface area (TPSA) is 130 Å². The van der Waals surface area contributed by atoms with E-state index in [1.807, 2.05) is 6.26 Å². The molecule has 27 heavy (non-hydrogen) atoms. The molecule has 0 saturated carbocycles. The summed E-state index contributed by atoms with van der Waals surface area (Å²) in [5.74, 6) is 0.107. The van der Waals surface area contributed by atoms with Gasteiger partial charge in [0.25, 0.3) is 0 Å². The highest BCUT2D eigenvalue weighted by Gasteiger charge is 2.53. The molecule has 10 heteroatoms. The van der Waals surface area contributed by atoms with Gasteiger partial charge in [-0.05, 0) is 25.7 Å². The Morgan fingerprint density at radius 2 is 2.19 bits per heavy atom. The van der Waals surface area contributed by atoms with Crippen molar-refractivity contribution in [2.24, 2.45) is 0 Å². The van der Waals surface area contributed by atoms with Gasteiger partial charge in [-0.25, -0.2) is 9.97 Å². The number of aromatic nitrogens is 3. The quantitative estimate of drug-likeness (QED) is 0.439. The molecule has 0 bridgehead atoms. The molecule has 2 aromatic heterocycles. The Morgan fingerprint density at radius 1 is 1.44 bits per heavy atom. The van der Waals surface area contributed by atoms with E-state index in [2.05, 4.69) is 15.3 Å². The first-order valence-electron chi connectivity index (χ1n) is 8.41. The number of amides is 1. The van der Waals surface area contributed by atoms with E-state index in [-0.39, 0.29) is 5.91 Å². The summed E-state index contributed by atoms with van der Waals surface area (Å²) >= 11 is 1.32. The summed E-state index contributed by atoms with van der Waals surface area (Å²) < 4.78 is 7.38. The van der Waals surface area contributed by atoms with E-state index in [9.17, 15) is 20.1 Å². The zero-order chi connectivity index (χ0) is 19.5. The van der Waals surface area contributed by atoms with Crippen LogP contribution in [0.5, 0.6) is 0 Å². The monoisotopic (exact) mass is 392 g/mol. The summed E-state index contributed by atoms with van der Waals surface area (Å²) in [5.41, 5.74) is 0.261. The molecule has 144 valence electrons. The number of aliphatic hydroxyl groups is 3. The Kier molecular flexibility index (Phi) is 4.28. The molecule has 4 atom stereocenters. The average molecular weight is 392 g/mol. The molecule has 1 fully saturated rings. The van der Waals surface area contributed by atoms with Gasteiger partial charge in [0, 0.05) is 17.8 Å². The molecule has 9 nitrogen and oxygen atoms in total. The standard InChI is InChI=1S/C17H20N4O5S/c1-7-4-10(23)18-13-11-8(7)5-21(14(11)20-16(19-13)27-3)15-17(2,25)12(24)9(6-22)26-15/h4-5,9,12,15,22,24-25H,6H2,1-3H3,(H,18,19,20,23)/t9-,12-,15?,17?/m1/s1. The van der Waals surface area contributed by atoms with Gasteiger partial charge >= 0.3 is 0 Å². The second kappa shape index (κ2) is 6.28. The molecule has 2 aliphatic rings. The smallest absolute Gasteiger partial charge is 0.249 e. The van der Waals surface area contributed by atoms with Crippen molar-refractivity contribution in [1.29, 1.82) is 0 Å². The van der Waals surface area contributed by atoms with Crippen LogP contribution in [0.25, 0.3) is 16.6 Å². The first-order chi connectivity index (χ1) is 12.8. The lowest BCUT2D eigenvalue weighted by atomic mass is 9.96. The number of hydrogen-bond donors (Lipinski definition) is 4. The first kappa shape index (κ1) is 18.4. The molecule has 4 rings (SSSR count). The van der Waals surface area contributed by atoms with Crippen LogP contribution in [0.4, 0.5) is 5.82 Å². The highest BCUT2D eigenvalue weighted by Crippen LogP contribution is 2.43. The molecule has 2 aliphatic heterocycles. The molecule has 0 aromatic carbocycles. The van der Waals surface area contributed by atoms with Crippen LogP contribution in [0.1, 0.15) is 25.6 Å². The normalized spacial score (nSPS) is 30.4. The molecule has 1 amide bonds. The van der Waals surface area contributed by atoms with Gasteiger partial charge in [-0.15, -0.1) is 0 Å². The summed E-state index contributed by atoms with van der Waals surface area (Å²) in [7, 11) is 0. The Bertz CT molecular complexity index is 970. The predicted molar refractivity (Wildman–Crippen MR) is 99.2 cm³/mol. The number of nitrogens with one attached hydrogen (secondary N) is 1. The van der Waals surface area contributed by atoms with Gasteiger partial charge in [0.15, 0.2) is 11.4 Å². The van der Waals surface area contributed by atoms with Crippen LogP contribution < -0.4 is 5.32 Å². The zero-order valence-corrected chi connectivity index (χ0v) is 15.8. The van der Waals surface area contributed by atoms with Crippen molar-refractivity contribution >= 4 is 40.1 Å². The lowest BCUT2D eigenvalue weighted by Gasteiger charge is -2.27. The van der Waals surface area contributed by atoms with Crippen LogP contribution >= 0.6 is 11.8 Å². The fourth-order valence-corrected chi connectivity index (χ4v) is 3.97. The predicted octanol–water partition coefficient (Wildman–Crippen LogP) is 0.510. The summed E-state index contributed by atoms with van der Waals surface area (Å²) in [6.07, 6.45) is 1.86. The molecule has 2 unspecified atom stereocenters. The Balaban J connectivity index is 1.98. The highest BCUT2D eigenvalue weighted by molar-refractivity contribution is 7.98. The Morgan fingerprint density at radius 3 is 2.81 bits per heavy atom. The molecule has 4 heterocycles. The number of ether oxygens (including phenoxy) is 1. The number of carbonyl (C=O) groups is 1. The highest BCUT2D eigenvalue weighted by atomic mass is 32.2. The molecule has 2 aromatic rings. The van der Waals surface area contributed by atoms with E-state index in [0.29, 0.717) is 27.6 Å². The van der Waals surface area contributed by atoms with Crippen LogP contribution in [0.2, 0.25) is 0 Å². The maximum Gasteiger partial charge on any atom is 0.249 e. The van der Waals surface area contributed by atoms with E-state index < -0.39 is 30.6 Å². The SMILES string of the molecule is CSc1nc2c3c(cn(C4O[C@H](CO)[C@@H](O)C4(C)O)c3n1)C(C)=CC(=O)N2. The van der Waals surface area contributed by atoms with E-state index in [4.69, 9.17) is 4.74 Å². The molecular weight excluding hydrogens is 372 g/mol. The van der Waals surface area contributed by atoms with E-state index in [1.54, 1.807) is 17.7 Å². The number of allylic oxidation sites excluding steroid dienone is 1. The molecule has 0 aliphatic carbocycles. The number of carbonyl (C=O) groups excluding carboxylic acids is 1. The Labute approximate surface area is 159 Å². The number of hydrogen-bond acceptors (Lipinski definition) is 8. The third-order valence-electron chi connectivity index (χ3n) is 5.04. The lowest BCUT2D eigenvalue weighted by molar-refractivity contribution is -0.111. The second-order valence-electron chi connectivity index (χ2n) is 6.90. The van der Waals surface area contributed by atoms with Crippen LogP contribution in [-0.4, -0.2) is 66.4 Å². The van der Waals surface area contributed by atoms with E-state index in [0.717, 1.165) is 5.56 Å². The summed E-state index contributed by atoms with van der Waals surface area (Å²) in [6, 6.07) is 0. The lowest BCUT2D eigenvalue weighted by Crippen LogP contribution is -2.44. The third-order valence-corrected chi connectivity index (χ3v) is 5.58. The minimum absolute atomic E-state index is 0.276. The fraction of sp³-hybridized carbons (Fsp3) is 0.471. The van der Waals surface area contributed by atoms with Gasteiger partial charge < -0.3 is 29.9 Å². The van der Waals surface area contributed by atoms with Crippen molar-refractivity contribution in [1.82, 2.24) is 14.5 Å². The van der Waals surface area contributed by atoms with Crippen molar-refractivity contribution in [3.63, 3.8) is 0 Å². The van der Waals surface area contributed by atoms with Crippen molar-refractivity contribution in [2.45, 2.75) is 43.0 Å². The maximum atomic E-state index is 12.1. The fourth-order valence-electron chi connectivity index (χ4n) is 3.61. The number of rotatable bonds is 3. The van der Waals surface area contributed by atoms with Crippen LogP contribution in [-0.2, 0) is 9.53 Å². The third kappa shape index (κ3) is 2.67. The number of thioether (sulfide) groups is 1. The number of aliphatic hydroxyl groups excluding tert-OH is 2. The zero-order valence-electron chi connectivity index (χ0n) is 15.0. The largest absolute Gasteiger partial charge is 0.394 e. The number of nitrogens with zero attached hydrogens (tertiary/aromatic N) is 3. The van der Waals surface area contributed by atoms with Crippen molar-refractivity contribution in [3.05, 3.63) is 17.8 Å². The minimum Gasteiger partial charge on any atom is -0.394 e. The van der Waals surface area contributed by atoms with Gasteiger partial charge in [-0.1, -0.05) is 11.8 Å². The average Bonchev–Trinajstić information content (AvgIpc) is 3.06. The summed E-state index contributed by atoms with van der Waals surface area (Å²) in [5, 5.41) is 34.5. The van der Waals surface area contributed by atoms with Crippen molar-refractivity contribution < 1.29 is 24.9 Å². The van der Waals surface area contributed by atoms with Gasteiger partial charge in [0.05, 0.1) is 12.0 Å². The molecule has 4 N–H and O–H groups in total. The summed E-state index contributed by atoms with van der Waals surface area (Å²) in [6.45, 7) is 2.83. The Hall–Kier alpha value is -1.98. The van der Waals surface area contributed by atoms with Crippen LogP contribution in [0.15, 0.2) is 17.4 Å². The number of anilines is 1. The van der Waals surface area contributed by atoms with Crippen LogP contribution in [0.3, 0.4) is 0 Å². The van der Waals surface area contributed by atoms with Gasteiger partial charge in [-0.3, -0.25) is 4.79 Å². The maximum absolute atomic E-state index is 12.1. The molecule has 1 saturated heterocycles. The molecular formula is C17H20N4O5S. The van der Waals surface area contributed by atoms with Gasteiger partial charge in [0.2, 0.25) is 5.91 Å². The first-order valence-corrected chi connectivity index (χ1v) is 9.63. The molecule has 0 spiro atoms. The summed E-state index contributed by atoms with van der Waals surface area (Å²) in [4.78, 5) is 21.0.